The first-order chi connectivity index (χ1) is 9.52. The second kappa shape index (κ2) is 6.04. The molecule has 0 aliphatic carbocycles. The molecule has 5 heteroatoms. The molecule has 1 atom stereocenters. The van der Waals surface area contributed by atoms with E-state index in [2.05, 4.69) is 11.1 Å². The first-order valence-electron chi connectivity index (χ1n) is 6.35. The Bertz CT molecular complexity index is 643. The van der Waals surface area contributed by atoms with E-state index in [9.17, 15) is 5.11 Å². The van der Waals surface area contributed by atoms with Gasteiger partial charge in [-0.25, -0.2) is 4.98 Å². The molecule has 0 saturated heterocycles. The predicted molar refractivity (Wildman–Crippen MR) is 80.7 cm³/mol. The topological polar surface area (TPSA) is 60.2 Å². The third-order valence-corrected chi connectivity index (χ3v) is 4.17. The highest BCUT2D eigenvalue weighted by atomic mass is 32.1. The summed E-state index contributed by atoms with van der Waals surface area (Å²) in [6.07, 6.45) is -0.567. The molecular weight excluding hydrogens is 270 g/mol. The van der Waals surface area contributed by atoms with Crippen molar-refractivity contribution in [2.75, 3.05) is 11.9 Å². The number of benzene rings is 1. The van der Waals surface area contributed by atoms with E-state index in [0.29, 0.717) is 12.1 Å². The number of nitriles is 1. The zero-order valence-corrected chi connectivity index (χ0v) is 12.6. The van der Waals surface area contributed by atoms with Crippen LogP contribution in [0.15, 0.2) is 23.7 Å². The number of aliphatic hydroxyl groups excluding tert-OH is 1. The average Bonchev–Trinajstić information content (AvgIpc) is 2.83. The molecular formula is C15H17N3OS. The number of aliphatic hydroxyl groups is 1. The number of hydrogen-bond acceptors (Lipinski definition) is 5. The Hall–Kier alpha value is -1.90. The van der Waals surface area contributed by atoms with Gasteiger partial charge in [-0.05, 0) is 26.0 Å². The van der Waals surface area contributed by atoms with Gasteiger partial charge in [-0.15, -0.1) is 11.3 Å². The number of hydrogen-bond donors (Lipinski definition) is 1. The third kappa shape index (κ3) is 2.98. The van der Waals surface area contributed by atoms with Crippen LogP contribution in [-0.2, 0) is 6.54 Å². The Kier molecular flexibility index (Phi) is 4.38. The molecule has 1 aromatic carbocycles. The van der Waals surface area contributed by atoms with E-state index < -0.39 is 6.10 Å². The average molecular weight is 287 g/mol. The Morgan fingerprint density at radius 2 is 2.25 bits per heavy atom. The molecule has 1 N–H and O–H groups in total. The van der Waals surface area contributed by atoms with E-state index in [1.165, 1.54) is 4.88 Å². The van der Waals surface area contributed by atoms with E-state index in [0.717, 1.165) is 16.9 Å². The predicted octanol–water partition coefficient (Wildman–Crippen LogP) is 3.01. The number of rotatable bonds is 4. The Balaban J connectivity index is 2.35. The largest absolute Gasteiger partial charge is 0.389 e. The normalized spacial score (nSPS) is 11.9. The fraction of sp³-hybridized carbons (Fsp3) is 0.333. The van der Waals surface area contributed by atoms with Crippen molar-refractivity contribution in [3.63, 3.8) is 0 Å². The number of aryl methyl sites for hydroxylation is 1. The van der Waals surface area contributed by atoms with Crippen molar-refractivity contribution >= 4 is 17.0 Å². The Labute approximate surface area is 122 Å². The summed E-state index contributed by atoms with van der Waals surface area (Å²) in [6, 6.07) is 7.51. The van der Waals surface area contributed by atoms with Crippen molar-refractivity contribution in [3.8, 4) is 6.07 Å². The van der Waals surface area contributed by atoms with Gasteiger partial charge in [0.15, 0.2) is 0 Å². The van der Waals surface area contributed by atoms with Crippen LogP contribution in [-0.4, -0.2) is 17.1 Å². The monoisotopic (exact) mass is 287 g/mol. The molecule has 0 saturated carbocycles. The SMILES string of the molecule is Cc1ncsc1CN(C)c1cc(C#N)ccc1C(C)O. The fourth-order valence-corrected chi connectivity index (χ4v) is 2.91. The lowest BCUT2D eigenvalue weighted by molar-refractivity contribution is 0.199. The second-order valence-electron chi connectivity index (χ2n) is 4.78. The Morgan fingerprint density at radius 1 is 1.50 bits per heavy atom. The van der Waals surface area contributed by atoms with Gasteiger partial charge < -0.3 is 10.0 Å². The summed E-state index contributed by atoms with van der Waals surface area (Å²) in [5, 5.41) is 18.9. The minimum Gasteiger partial charge on any atom is -0.389 e. The maximum atomic E-state index is 9.88. The maximum absolute atomic E-state index is 9.88. The molecule has 0 fully saturated rings. The molecule has 0 bridgehead atoms. The number of anilines is 1. The minimum absolute atomic E-state index is 0.567. The standard InChI is InChI=1S/C15H17N3OS/c1-10-15(20-9-17-10)8-18(3)14-6-12(7-16)4-5-13(14)11(2)19/h4-6,9,11,19H,8H2,1-3H3. The molecule has 2 rings (SSSR count). The molecule has 1 heterocycles. The molecule has 0 aliphatic heterocycles. The van der Waals surface area contributed by atoms with E-state index in [4.69, 9.17) is 5.26 Å². The second-order valence-corrected chi connectivity index (χ2v) is 5.72. The van der Waals surface area contributed by atoms with Crippen molar-refractivity contribution in [3.05, 3.63) is 45.4 Å². The van der Waals surface area contributed by atoms with Gasteiger partial charge in [0.1, 0.15) is 0 Å². The number of thiazole rings is 1. The van der Waals surface area contributed by atoms with E-state index in [-0.39, 0.29) is 0 Å². The summed E-state index contributed by atoms with van der Waals surface area (Å²) in [5.41, 5.74) is 5.16. The van der Waals surface area contributed by atoms with Crippen LogP contribution in [0.1, 0.15) is 34.7 Å². The van der Waals surface area contributed by atoms with E-state index in [1.54, 1.807) is 24.3 Å². The van der Waals surface area contributed by atoms with Gasteiger partial charge in [0.25, 0.3) is 0 Å². The minimum atomic E-state index is -0.567. The quantitative estimate of drug-likeness (QED) is 0.939. The Morgan fingerprint density at radius 3 is 2.80 bits per heavy atom. The van der Waals surface area contributed by atoms with Crippen molar-refractivity contribution < 1.29 is 5.11 Å². The van der Waals surface area contributed by atoms with Crippen LogP contribution < -0.4 is 4.90 Å². The maximum Gasteiger partial charge on any atom is 0.0992 e. The van der Waals surface area contributed by atoms with Crippen LogP contribution in [0.5, 0.6) is 0 Å². The van der Waals surface area contributed by atoms with Gasteiger partial charge in [-0.1, -0.05) is 6.07 Å². The molecule has 20 heavy (non-hydrogen) atoms. The molecule has 1 unspecified atom stereocenters. The van der Waals surface area contributed by atoms with Crippen LogP contribution in [0.3, 0.4) is 0 Å². The van der Waals surface area contributed by atoms with Gasteiger partial charge in [-0.2, -0.15) is 5.26 Å². The molecule has 0 spiro atoms. The lowest BCUT2D eigenvalue weighted by atomic mass is 10.0. The summed E-state index contributed by atoms with van der Waals surface area (Å²) in [6.45, 7) is 4.43. The van der Waals surface area contributed by atoms with Crippen molar-refractivity contribution in [2.45, 2.75) is 26.5 Å². The number of aromatic nitrogens is 1. The van der Waals surface area contributed by atoms with Gasteiger partial charge in [-0.3, -0.25) is 0 Å². The zero-order chi connectivity index (χ0) is 14.7. The highest BCUT2D eigenvalue weighted by Gasteiger charge is 2.14. The van der Waals surface area contributed by atoms with Gasteiger partial charge in [0.05, 0.1) is 35.5 Å². The summed E-state index contributed by atoms with van der Waals surface area (Å²) >= 11 is 1.62. The van der Waals surface area contributed by atoms with Crippen molar-refractivity contribution in [2.24, 2.45) is 0 Å². The van der Waals surface area contributed by atoms with Crippen LogP contribution in [0, 0.1) is 18.3 Å². The third-order valence-electron chi connectivity index (χ3n) is 3.25. The van der Waals surface area contributed by atoms with E-state index >= 15 is 0 Å². The highest BCUT2D eigenvalue weighted by Crippen LogP contribution is 2.28. The van der Waals surface area contributed by atoms with Crippen molar-refractivity contribution in [1.29, 1.82) is 5.26 Å². The summed E-state index contributed by atoms with van der Waals surface area (Å²) in [5.74, 6) is 0. The number of nitrogens with zero attached hydrogens (tertiary/aromatic N) is 3. The van der Waals surface area contributed by atoms with Gasteiger partial charge >= 0.3 is 0 Å². The fourth-order valence-electron chi connectivity index (χ4n) is 2.08. The van der Waals surface area contributed by atoms with Crippen molar-refractivity contribution in [1.82, 2.24) is 4.98 Å². The molecule has 4 nitrogen and oxygen atoms in total. The zero-order valence-electron chi connectivity index (χ0n) is 11.8. The molecule has 104 valence electrons. The summed E-state index contributed by atoms with van der Waals surface area (Å²) in [4.78, 5) is 7.48. The van der Waals surface area contributed by atoms with Crippen LogP contribution >= 0.6 is 11.3 Å². The molecule has 1 aromatic heterocycles. The summed E-state index contributed by atoms with van der Waals surface area (Å²) < 4.78 is 0. The van der Waals surface area contributed by atoms with Crippen LogP contribution in [0.2, 0.25) is 0 Å². The lowest BCUT2D eigenvalue weighted by Gasteiger charge is -2.23. The molecule has 0 aliphatic rings. The molecule has 2 aromatic rings. The smallest absolute Gasteiger partial charge is 0.0992 e. The first kappa shape index (κ1) is 14.5. The molecule has 0 amide bonds. The van der Waals surface area contributed by atoms with Gasteiger partial charge in [0, 0.05) is 23.2 Å². The van der Waals surface area contributed by atoms with E-state index in [1.807, 2.05) is 36.5 Å². The molecule has 0 radical (unpaired) electrons. The van der Waals surface area contributed by atoms with Crippen LogP contribution in [0.25, 0.3) is 0 Å². The summed E-state index contributed by atoms with van der Waals surface area (Å²) in [7, 11) is 1.96. The van der Waals surface area contributed by atoms with Crippen LogP contribution in [0.4, 0.5) is 5.69 Å². The highest BCUT2D eigenvalue weighted by molar-refractivity contribution is 7.09. The first-order valence-corrected chi connectivity index (χ1v) is 7.23. The lowest BCUT2D eigenvalue weighted by Crippen LogP contribution is -2.18. The van der Waals surface area contributed by atoms with Gasteiger partial charge in [0.2, 0.25) is 0 Å².